The lowest BCUT2D eigenvalue weighted by Crippen LogP contribution is -1.93. The highest BCUT2D eigenvalue weighted by molar-refractivity contribution is 5.13. The van der Waals surface area contributed by atoms with Crippen LogP contribution in [0.2, 0.25) is 0 Å². The standard InChI is InChI=1S/C8H10/c1-2-4-7(3-1)8-5-6-8/h7-8H,1,3,5-6H2. The van der Waals surface area contributed by atoms with E-state index in [0.29, 0.717) is 0 Å². The van der Waals surface area contributed by atoms with Crippen LogP contribution in [-0.4, -0.2) is 0 Å². The fourth-order valence-electron chi connectivity index (χ4n) is 1.36. The molecule has 0 amide bonds. The molecule has 0 N–H and O–H groups in total. The molecule has 1 unspecified atom stereocenters. The summed E-state index contributed by atoms with van der Waals surface area (Å²) in [7, 11) is 0. The number of hydrogen-bond donors (Lipinski definition) is 0. The quantitative estimate of drug-likeness (QED) is 0.447. The molecule has 8 heavy (non-hydrogen) atoms. The number of hydrogen-bond acceptors (Lipinski definition) is 0. The van der Waals surface area contributed by atoms with Crippen LogP contribution in [0.1, 0.15) is 25.7 Å². The molecular formula is C8H10. The van der Waals surface area contributed by atoms with Crippen LogP contribution in [0.5, 0.6) is 0 Å². The molecule has 42 valence electrons. The van der Waals surface area contributed by atoms with E-state index in [2.05, 4.69) is 11.8 Å². The summed E-state index contributed by atoms with van der Waals surface area (Å²) in [6.45, 7) is 0. The largest absolute Gasteiger partial charge is 0.103 e. The van der Waals surface area contributed by atoms with Gasteiger partial charge in [-0.15, -0.1) is 5.92 Å². The predicted molar refractivity (Wildman–Crippen MR) is 33.2 cm³/mol. The van der Waals surface area contributed by atoms with Gasteiger partial charge in [-0.05, 0) is 25.2 Å². The smallest absolute Gasteiger partial charge is 0.0240 e. The van der Waals surface area contributed by atoms with Crippen molar-refractivity contribution >= 4 is 0 Å². The van der Waals surface area contributed by atoms with Crippen LogP contribution < -0.4 is 0 Å². The molecule has 0 aliphatic heterocycles. The average molecular weight is 106 g/mol. The topological polar surface area (TPSA) is 0 Å². The zero-order valence-corrected chi connectivity index (χ0v) is 4.98. The van der Waals surface area contributed by atoms with E-state index in [-0.39, 0.29) is 0 Å². The molecule has 2 aliphatic rings. The molecule has 0 saturated heterocycles. The fraction of sp³-hybridized carbons (Fsp3) is 0.750. The van der Waals surface area contributed by atoms with Crippen LogP contribution in [0.4, 0.5) is 0 Å². The molecule has 0 aromatic rings. The highest BCUT2D eigenvalue weighted by atomic mass is 14.3. The van der Waals surface area contributed by atoms with Crippen LogP contribution in [-0.2, 0) is 0 Å². The van der Waals surface area contributed by atoms with Crippen LogP contribution in [0.15, 0.2) is 0 Å². The van der Waals surface area contributed by atoms with Crippen molar-refractivity contribution in [1.82, 2.24) is 0 Å². The molecular weight excluding hydrogens is 96.1 g/mol. The van der Waals surface area contributed by atoms with Crippen molar-refractivity contribution in [2.45, 2.75) is 25.7 Å². The second kappa shape index (κ2) is 1.52. The van der Waals surface area contributed by atoms with E-state index < -0.39 is 0 Å². The fourth-order valence-corrected chi connectivity index (χ4v) is 1.36. The molecule has 1 atom stereocenters. The average Bonchev–Trinajstić information content (AvgIpc) is 2.49. The Kier molecular flexibility index (Phi) is 0.842. The zero-order chi connectivity index (χ0) is 5.40. The summed E-state index contributed by atoms with van der Waals surface area (Å²) in [5.74, 6) is 8.25. The molecule has 0 aromatic heterocycles. The van der Waals surface area contributed by atoms with Crippen molar-refractivity contribution in [1.29, 1.82) is 0 Å². The van der Waals surface area contributed by atoms with E-state index in [0.717, 1.165) is 11.8 Å². The Hall–Kier alpha value is -0.440. The van der Waals surface area contributed by atoms with Crippen molar-refractivity contribution in [3.05, 3.63) is 0 Å². The Balaban J connectivity index is 1.99. The molecule has 1 saturated carbocycles. The van der Waals surface area contributed by atoms with Gasteiger partial charge in [-0.3, -0.25) is 0 Å². The van der Waals surface area contributed by atoms with Crippen LogP contribution >= 0.6 is 0 Å². The maximum Gasteiger partial charge on any atom is 0.0240 e. The van der Waals surface area contributed by atoms with Gasteiger partial charge in [0.15, 0.2) is 0 Å². The molecule has 2 rings (SSSR count). The highest BCUT2D eigenvalue weighted by Crippen LogP contribution is 2.39. The molecule has 1 fully saturated rings. The molecule has 2 aliphatic carbocycles. The van der Waals surface area contributed by atoms with Gasteiger partial charge in [-0.2, -0.15) is 0 Å². The second-order valence-corrected chi connectivity index (χ2v) is 2.80. The van der Waals surface area contributed by atoms with E-state index >= 15 is 0 Å². The van der Waals surface area contributed by atoms with Crippen molar-refractivity contribution in [3.8, 4) is 11.8 Å². The first-order valence-electron chi connectivity index (χ1n) is 3.45. The van der Waals surface area contributed by atoms with Crippen molar-refractivity contribution in [2.24, 2.45) is 11.8 Å². The Bertz CT molecular complexity index is 143. The molecule has 0 spiro atoms. The summed E-state index contributed by atoms with van der Waals surface area (Å²) in [5.41, 5.74) is 0. The zero-order valence-electron chi connectivity index (χ0n) is 4.98. The Morgan fingerprint density at radius 2 is 2.00 bits per heavy atom. The summed E-state index contributed by atoms with van der Waals surface area (Å²) < 4.78 is 0. The van der Waals surface area contributed by atoms with E-state index in [1.165, 1.54) is 25.7 Å². The third-order valence-corrected chi connectivity index (χ3v) is 2.06. The van der Waals surface area contributed by atoms with Gasteiger partial charge in [0.05, 0.1) is 0 Å². The Morgan fingerprint density at radius 1 is 1.12 bits per heavy atom. The van der Waals surface area contributed by atoms with Crippen molar-refractivity contribution in [2.75, 3.05) is 0 Å². The lowest BCUT2D eigenvalue weighted by molar-refractivity contribution is 0.569. The summed E-state index contributed by atoms with van der Waals surface area (Å²) in [4.78, 5) is 0. The number of rotatable bonds is 1. The van der Waals surface area contributed by atoms with Gasteiger partial charge in [-0.25, -0.2) is 0 Å². The normalized spacial score (nSPS) is 34.2. The first-order chi connectivity index (χ1) is 3.97. The first-order valence-corrected chi connectivity index (χ1v) is 3.45. The van der Waals surface area contributed by atoms with E-state index in [1.54, 1.807) is 0 Å². The minimum Gasteiger partial charge on any atom is -0.103 e. The molecule has 0 aromatic carbocycles. The summed E-state index contributed by atoms with van der Waals surface area (Å²) in [5, 5.41) is 0. The van der Waals surface area contributed by atoms with E-state index in [4.69, 9.17) is 0 Å². The van der Waals surface area contributed by atoms with Crippen molar-refractivity contribution in [3.63, 3.8) is 0 Å². The van der Waals surface area contributed by atoms with Crippen LogP contribution in [0.25, 0.3) is 0 Å². The highest BCUT2D eigenvalue weighted by Gasteiger charge is 2.30. The first kappa shape index (κ1) is 4.44. The summed E-state index contributed by atoms with van der Waals surface area (Å²) in [6.07, 6.45) is 5.42. The van der Waals surface area contributed by atoms with Gasteiger partial charge < -0.3 is 0 Å². The Labute approximate surface area is 50.3 Å². The minimum absolute atomic E-state index is 0.815. The molecule has 0 bridgehead atoms. The van der Waals surface area contributed by atoms with Crippen LogP contribution in [0, 0.1) is 23.7 Å². The SMILES string of the molecule is C1#CC(C2CC2)CC1. The van der Waals surface area contributed by atoms with E-state index in [1.807, 2.05) is 0 Å². The van der Waals surface area contributed by atoms with Gasteiger partial charge in [-0.1, -0.05) is 5.92 Å². The third kappa shape index (κ3) is 0.629. The van der Waals surface area contributed by atoms with Gasteiger partial charge >= 0.3 is 0 Å². The van der Waals surface area contributed by atoms with Gasteiger partial charge in [0.2, 0.25) is 0 Å². The van der Waals surface area contributed by atoms with Crippen molar-refractivity contribution < 1.29 is 0 Å². The minimum atomic E-state index is 0.815. The summed E-state index contributed by atoms with van der Waals surface area (Å²) >= 11 is 0. The molecule has 0 radical (unpaired) electrons. The van der Waals surface area contributed by atoms with Crippen LogP contribution in [0.3, 0.4) is 0 Å². The maximum absolute atomic E-state index is 3.27. The third-order valence-electron chi connectivity index (χ3n) is 2.06. The van der Waals surface area contributed by atoms with Gasteiger partial charge in [0.25, 0.3) is 0 Å². The summed E-state index contributed by atoms with van der Waals surface area (Å²) in [6, 6.07) is 0. The second-order valence-electron chi connectivity index (χ2n) is 2.80. The lowest BCUT2D eigenvalue weighted by atomic mass is 10.0. The molecule has 0 nitrogen and oxygen atoms in total. The van der Waals surface area contributed by atoms with Gasteiger partial charge in [0.1, 0.15) is 0 Å². The lowest BCUT2D eigenvalue weighted by Gasteiger charge is -1.98. The Morgan fingerprint density at radius 3 is 2.50 bits per heavy atom. The molecule has 0 heterocycles. The molecule has 0 heteroatoms. The van der Waals surface area contributed by atoms with Gasteiger partial charge in [0, 0.05) is 12.3 Å². The monoisotopic (exact) mass is 106 g/mol. The maximum atomic E-state index is 3.27. The predicted octanol–water partition coefficient (Wildman–Crippen LogP) is 1.81. The van der Waals surface area contributed by atoms with E-state index in [9.17, 15) is 0 Å².